The number of carbonyl (C=O) groups excluding carboxylic acids is 2. The molecule has 0 aromatic heterocycles. The number of carboxylic acids is 1. The van der Waals surface area contributed by atoms with Gasteiger partial charge in [0.15, 0.2) is 0 Å². The summed E-state index contributed by atoms with van der Waals surface area (Å²) >= 11 is 0. The molecule has 0 saturated heterocycles. The summed E-state index contributed by atoms with van der Waals surface area (Å²) in [4.78, 5) is 32.3. The SMILES string of the molecule is COC(=O)[C@H](C)NC(=O)[C@H](N)CC(=O)O. The summed E-state index contributed by atoms with van der Waals surface area (Å²) in [7, 11) is 1.18. The van der Waals surface area contributed by atoms with E-state index in [1.807, 2.05) is 0 Å². The maximum absolute atomic E-state index is 11.2. The number of methoxy groups -OCH3 is 1. The Kier molecular flexibility index (Phi) is 5.32. The van der Waals surface area contributed by atoms with E-state index < -0.39 is 36.4 Å². The van der Waals surface area contributed by atoms with Gasteiger partial charge in [-0.25, -0.2) is 4.79 Å². The third-order valence-electron chi connectivity index (χ3n) is 1.64. The number of amides is 1. The van der Waals surface area contributed by atoms with Gasteiger partial charge < -0.3 is 20.9 Å². The van der Waals surface area contributed by atoms with E-state index in [0.29, 0.717) is 0 Å². The first-order chi connectivity index (χ1) is 6.88. The average Bonchev–Trinajstić information content (AvgIpc) is 2.15. The van der Waals surface area contributed by atoms with E-state index in [0.717, 1.165) is 0 Å². The van der Waals surface area contributed by atoms with Crippen molar-refractivity contribution in [3.8, 4) is 0 Å². The molecular formula is C8H14N2O5. The number of hydrogen-bond donors (Lipinski definition) is 3. The van der Waals surface area contributed by atoms with Crippen molar-refractivity contribution >= 4 is 17.8 Å². The molecule has 0 bridgehead atoms. The number of ether oxygens (including phenoxy) is 1. The summed E-state index contributed by atoms with van der Waals surface area (Å²) in [6.45, 7) is 1.41. The predicted molar refractivity (Wildman–Crippen MR) is 49.8 cm³/mol. The van der Waals surface area contributed by atoms with Crippen LogP contribution in [-0.2, 0) is 19.1 Å². The van der Waals surface area contributed by atoms with Gasteiger partial charge in [-0.15, -0.1) is 0 Å². The Hall–Kier alpha value is -1.63. The van der Waals surface area contributed by atoms with Gasteiger partial charge >= 0.3 is 11.9 Å². The van der Waals surface area contributed by atoms with Crippen LogP contribution < -0.4 is 11.1 Å². The molecule has 0 aliphatic heterocycles. The molecule has 0 aliphatic rings. The van der Waals surface area contributed by atoms with Crippen molar-refractivity contribution in [1.29, 1.82) is 0 Å². The van der Waals surface area contributed by atoms with Gasteiger partial charge in [-0.2, -0.15) is 0 Å². The smallest absolute Gasteiger partial charge is 0.328 e. The summed E-state index contributed by atoms with van der Waals surface area (Å²) in [5.74, 6) is -2.50. The minimum Gasteiger partial charge on any atom is -0.481 e. The molecule has 0 aliphatic carbocycles. The largest absolute Gasteiger partial charge is 0.481 e. The Morgan fingerprint density at radius 1 is 1.47 bits per heavy atom. The minimum atomic E-state index is -1.18. The van der Waals surface area contributed by atoms with Crippen LogP contribution in [0.2, 0.25) is 0 Å². The highest BCUT2D eigenvalue weighted by Crippen LogP contribution is 1.92. The molecule has 4 N–H and O–H groups in total. The molecule has 7 heteroatoms. The van der Waals surface area contributed by atoms with E-state index in [1.165, 1.54) is 14.0 Å². The molecule has 2 atom stereocenters. The third kappa shape index (κ3) is 4.96. The molecule has 0 heterocycles. The van der Waals surface area contributed by atoms with E-state index in [2.05, 4.69) is 10.1 Å². The summed E-state index contributed by atoms with van der Waals surface area (Å²) < 4.78 is 4.36. The van der Waals surface area contributed by atoms with Gasteiger partial charge in [-0.3, -0.25) is 9.59 Å². The molecule has 15 heavy (non-hydrogen) atoms. The van der Waals surface area contributed by atoms with E-state index in [1.54, 1.807) is 0 Å². The second-order valence-corrected chi connectivity index (χ2v) is 2.96. The first-order valence-corrected chi connectivity index (χ1v) is 4.24. The van der Waals surface area contributed by atoms with Crippen LogP contribution in [0, 0.1) is 0 Å². The highest BCUT2D eigenvalue weighted by molar-refractivity contribution is 5.89. The van der Waals surface area contributed by atoms with Crippen molar-refractivity contribution in [2.45, 2.75) is 25.4 Å². The van der Waals surface area contributed by atoms with Crippen LogP contribution in [0.15, 0.2) is 0 Å². The molecule has 0 radical (unpaired) electrons. The number of hydrogen-bond acceptors (Lipinski definition) is 5. The van der Waals surface area contributed by atoms with Crippen LogP contribution in [0.5, 0.6) is 0 Å². The Labute approximate surface area is 86.6 Å². The van der Waals surface area contributed by atoms with Gasteiger partial charge in [-0.05, 0) is 6.92 Å². The zero-order chi connectivity index (χ0) is 12.0. The molecule has 0 unspecified atom stereocenters. The molecule has 7 nitrogen and oxygen atoms in total. The Morgan fingerprint density at radius 2 is 2.00 bits per heavy atom. The highest BCUT2D eigenvalue weighted by Gasteiger charge is 2.21. The topological polar surface area (TPSA) is 119 Å². The molecule has 0 aromatic carbocycles. The van der Waals surface area contributed by atoms with Gasteiger partial charge in [-0.1, -0.05) is 0 Å². The second-order valence-electron chi connectivity index (χ2n) is 2.96. The number of esters is 1. The molecule has 0 aromatic rings. The minimum absolute atomic E-state index is 0.486. The van der Waals surface area contributed by atoms with Gasteiger partial charge in [0.25, 0.3) is 0 Å². The number of carbonyl (C=O) groups is 3. The lowest BCUT2D eigenvalue weighted by Gasteiger charge is -2.14. The lowest BCUT2D eigenvalue weighted by molar-refractivity contribution is -0.144. The van der Waals surface area contributed by atoms with Crippen molar-refractivity contribution in [2.75, 3.05) is 7.11 Å². The fourth-order valence-corrected chi connectivity index (χ4v) is 0.837. The van der Waals surface area contributed by atoms with E-state index >= 15 is 0 Å². The quantitative estimate of drug-likeness (QED) is 0.481. The Balaban J connectivity index is 4.12. The Bertz CT molecular complexity index is 266. The zero-order valence-corrected chi connectivity index (χ0v) is 8.52. The van der Waals surface area contributed by atoms with E-state index in [4.69, 9.17) is 10.8 Å². The van der Waals surface area contributed by atoms with Crippen molar-refractivity contribution < 1.29 is 24.2 Å². The third-order valence-corrected chi connectivity index (χ3v) is 1.64. The molecule has 0 spiro atoms. The number of nitrogens with one attached hydrogen (secondary N) is 1. The highest BCUT2D eigenvalue weighted by atomic mass is 16.5. The van der Waals surface area contributed by atoms with Gasteiger partial charge in [0, 0.05) is 0 Å². The Morgan fingerprint density at radius 3 is 2.40 bits per heavy atom. The van der Waals surface area contributed by atoms with Gasteiger partial charge in [0.1, 0.15) is 6.04 Å². The summed E-state index contributed by atoms with van der Waals surface area (Å²) in [5, 5.41) is 10.6. The fourth-order valence-electron chi connectivity index (χ4n) is 0.837. The molecule has 0 fully saturated rings. The number of aliphatic carboxylic acids is 1. The molecule has 86 valence electrons. The summed E-state index contributed by atoms with van der Waals surface area (Å²) in [6, 6.07) is -2.02. The lowest BCUT2D eigenvalue weighted by Crippen LogP contribution is -2.48. The number of nitrogens with two attached hydrogens (primary N) is 1. The second kappa shape index (κ2) is 5.97. The summed E-state index contributed by atoms with van der Waals surface area (Å²) in [6.07, 6.45) is -0.486. The van der Waals surface area contributed by atoms with E-state index in [9.17, 15) is 14.4 Å². The van der Waals surface area contributed by atoms with Crippen LogP contribution in [0.1, 0.15) is 13.3 Å². The van der Waals surface area contributed by atoms with Crippen LogP contribution >= 0.6 is 0 Å². The molecular weight excluding hydrogens is 204 g/mol. The van der Waals surface area contributed by atoms with E-state index in [-0.39, 0.29) is 0 Å². The van der Waals surface area contributed by atoms with Crippen molar-refractivity contribution in [3.63, 3.8) is 0 Å². The fraction of sp³-hybridized carbons (Fsp3) is 0.625. The van der Waals surface area contributed by atoms with Crippen LogP contribution in [0.3, 0.4) is 0 Å². The van der Waals surface area contributed by atoms with Crippen LogP contribution in [-0.4, -0.2) is 42.1 Å². The average molecular weight is 218 g/mol. The first kappa shape index (κ1) is 13.4. The van der Waals surface area contributed by atoms with Crippen LogP contribution in [0.4, 0.5) is 0 Å². The predicted octanol–water partition coefficient (Wildman–Crippen LogP) is -1.53. The first-order valence-electron chi connectivity index (χ1n) is 4.24. The molecule has 0 saturated carbocycles. The molecule has 0 rings (SSSR count). The molecule has 1 amide bonds. The van der Waals surface area contributed by atoms with Crippen molar-refractivity contribution in [1.82, 2.24) is 5.32 Å². The zero-order valence-electron chi connectivity index (χ0n) is 8.52. The van der Waals surface area contributed by atoms with Crippen LogP contribution in [0.25, 0.3) is 0 Å². The maximum atomic E-state index is 11.2. The summed E-state index contributed by atoms with van der Waals surface area (Å²) in [5.41, 5.74) is 5.26. The number of rotatable bonds is 5. The number of carboxylic acid groups (broad SMARTS) is 1. The lowest BCUT2D eigenvalue weighted by atomic mass is 10.2. The normalized spacial score (nSPS) is 13.8. The van der Waals surface area contributed by atoms with Gasteiger partial charge in [0.2, 0.25) is 5.91 Å². The van der Waals surface area contributed by atoms with Crippen molar-refractivity contribution in [3.05, 3.63) is 0 Å². The standard InChI is InChI=1S/C8H14N2O5/c1-4(8(14)15-2)10-7(13)5(9)3-6(11)12/h4-5H,3,9H2,1-2H3,(H,10,13)(H,11,12)/t4-,5+/m0/s1. The van der Waals surface area contributed by atoms with Crippen molar-refractivity contribution in [2.24, 2.45) is 5.73 Å². The maximum Gasteiger partial charge on any atom is 0.328 e. The van der Waals surface area contributed by atoms with Gasteiger partial charge in [0.05, 0.1) is 19.6 Å². The monoisotopic (exact) mass is 218 g/mol.